The van der Waals surface area contributed by atoms with Crippen LogP contribution in [0, 0.1) is 5.82 Å². The molecule has 0 bridgehead atoms. The van der Waals surface area contributed by atoms with E-state index in [1.807, 2.05) is 0 Å². The van der Waals surface area contributed by atoms with Gasteiger partial charge >= 0.3 is 0 Å². The Hall–Kier alpha value is -0.740. The van der Waals surface area contributed by atoms with Gasteiger partial charge in [-0.05, 0) is 24.1 Å². The predicted octanol–water partition coefficient (Wildman–Crippen LogP) is 2.66. The Balaban J connectivity index is 2.51. The Morgan fingerprint density at radius 3 is 2.86 bits per heavy atom. The van der Waals surface area contributed by atoms with Gasteiger partial charge < -0.3 is 5.32 Å². The average molecular weight is 234 g/mol. The fourth-order valence-electron chi connectivity index (χ4n) is 1.01. The fraction of sp³-hybridized carbons (Fsp3) is 0.222. The lowest BCUT2D eigenvalue weighted by atomic mass is 10.1. The van der Waals surface area contributed by atoms with E-state index >= 15 is 0 Å². The zero-order valence-corrected chi connectivity index (χ0v) is 8.91. The largest absolute Gasteiger partial charge is 0.347 e. The Bertz CT molecular complexity index is 346. The molecule has 14 heavy (non-hydrogen) atoms. The van der Waals surface area contributed by atoms with E-state index in [-0.39, 0.29) is 10.3 Å². The molecule has 1 rings (SSSR count). The first-order chi connectivity index (χ1) is 6.59. The van der Waals surface area contributed by atoms with Crippen molar-refractivity contribution in [2.45, 2.75) is 6.42 Å². The number of rotatable bonds is 3. The highest BCUT2D eigenvalue weighted by Gasteiger charge is 2.00. The molecule has 0 aliphatic carbocycles. The van der Waals surface area contributed by atoms with Crippen LogP contribution in [0.4, 0.5) is 9.18 Å². The lowest BCUT2D eigenvalue weighted by molar-refractivity contribution is 0.261. The minimum absolute atomic E-state index is 0.0969. The van der Waals surface area contributed by atoms with E-state index in [2.05, 4.69) is 17.9 Å². The summed E-state index contributed by atoms with van der Waals surface area (Å²) < 4.78 is 12.7. The first-order valence-electron chi connectivity index (χ1n) is 4.00. The van der Waals surface area contributed by atoms with Gasteiger partial charge in [-0.1, -0.05) is 30.3 Å². The molecule has 1 N–H and O–H groups in total. The molecule has 0 saturated carbocycles. The highest BCUT2D eigenvalue weighted by molar-refractivity contribution is 7.96. The number of halogens is 2. The molecule has 76 valence electrons. The van der Waals surface area contributed by atoms with Crippen LogP contribution in [-0.4, -0.2) is 11.8 Å². The molecule has 0 aliphatic heterocycles. The van der Waals surface area contributed by atoms with E-state index in [0.717, 1.165) is 5.56 Å². The van der Waals surface area contributed by atoms with Crippen molar-refractivity contribution in [2.75, 3.05) is 6.54 Å². The molecule has 1 aromatic rings. The van der Waals surface area contributed by atoms with Gasteiger partial charge in [0.05, 0.1) is 5.02 Å². The van der Waals surface area contributed by atoms with Crippen LogP contribution in [0.2, 0.25) is 5.02 Å². The topological polar surface area (TPSA) is 29.1 Å². The summed E-state index contributed by atoms with van der Waals surface area (Å²) in [6.45, 7) is 0.463. The van der Waals surface area contributed by atoms with Gasteiger partial charge in [-0.3, -0.25) is 4.79 Å². The lowest BCUT2D eigenvalue weighted by Gasteiger charge is -2.02. The van der Waals surface area contributed by atoms with Crippen molar-refractivity contribution in [3.05, 3.63) is 34.6 Å². The summed E-state index contributed by atoms with van der Waals surface area (Å²) in [5, 5.41) is 2.24. The van der Waals surface area contributed by atoms with Crippen LogP contribution in [0.15, 0.2) is 18.2 Å². The van der Waals surface area contributed by atoms with Crippen molar-refractivity contribution in [1.29, 1.82) is 0 Å². The molecule has 0 aromatic heterocycles. The molecule has 1 amide bonds. The van der Waals surface area contributed by atoms with E-state index in [1.54, 1.807) is 12.1 Å². The van der Waals surface area contributed by atoms with Crippen LogP contribution in [0.1, 0.15) is 5.56 Å². The molecule has 0 saturated heterocycles. The second kappa shape index (κ2) is 5.22. The zero-order valence-electron chi connectivity index (χ0n) is 7.26. The van der Waals surface area contributed by atoms with Gasteiger partial charge in [0.25, 0.3) is 5.24 Å². The minimum Gasteiger partial charge on any atom is -0.347 e. The van der Waals surface area contributed by atoms with E-state index in [9.17, 15) is 9.18 Å². The lowest BCUT2D eigenvalue weighted by Crippen LogP contribution is -2.19. The highest BCUT2D eigenvalue weighted by Crippen LogP contribution is 2.15. The summed E-state index contributed by atoms with van der Waals surface area (Å²) in [7, 11) is 0. The van der Waals surface area contributed by atoms with Crippen LogP contribution in [0.5, 0.6) is 0 Å². The Labute approximate surface area is 91.9 Å². The molecule has 2 nitrogen and oxygen atoms in total. The maximum atomic E-state index is 12.7. The Morgan fingerprint density at radius 2 is 2.29 bits per heavy atom. The summed E-state index contributed by atoms with van der Waals surface area (Å²) in [5.74, 6) is -0.436. The van der Waals surface area contributed by atoms with Crippen LogP contribution >= 0.6 is 24.2 Å². The third kappa shape index (κ3) is 3.55. The number of benzene rings is 1. The highest BCUT2D eigenvalue weighted by atomic mass is 35.5. The zero-order chi connectivity index (χ0) is 10.6. The van der Waals surface area contributed by atoms with E-state index in [0.29, 0.717) is 13.0 Å². The van der Waals surface area contributed by atoms with Crippen molar-refractivity contribution in [3.63, 3.8) is 0 Å². The molecule has 0 aliphatic rings. The van der Waals surface area contributed by atoms with Crippen molar-refractivity contribution in [2.24, 2.45) is 0 Å². The second-order valence-corrected chi connectivity index (χ2v) is 3.54. The predicted molar refractivity (Wildman–Crippen MR) is 57.5 cm³/mol. The first kappa shape index (κ1) is 11.3. The number of amides is 1. The maximum absolute atomic E-state index is 12.7. The Morgan fingerprint density at radius 1 is 1.57 bits per heavy atom. The average Bonchev–Trinajstić information content (AvgIpc) is 2.10. The summed E-state index contributed by atoms with van der Waals surface area (Å²) in [5.41, 5.74) is 0.874. The van der Waals surface area contributed by atoms with E-state index in [1.165, 1.54) is 6.07 Å². The van der Waals surface area contributed by atoms with Crippen molar-refractivity contribution >= 4 is 29.5 Å². The van der Waals surface area contributed by atoms with Crippen molar-refractivity contribution in [3.8, 4) is 0 Å². The smallest absolute Gasteiger partial charge is 0.275 e. The van der Waals surface area contributed by atoms with Gasteiger partial charge in [0.15, 0.2) is 0 Å². The third-order valence-electron chi connectivity index (χ3n) is 1.67. The SMILES string of the molecule is O=C(S)NCCc1ccc(F)c(Cl)c1. The molecule has 0 spiro atoms. The molecular weight excluding hydrogens is 225 g/mol. The van der Waals surface area contributed by atoms with Gasteiger partial charge in [-0.25, -0.2) is 4.39 Å². The summed E-state index contributed by atoms with van der Waals surface area (Å²) >= 11 is 9.12. The van der Waals surface area contributed by atoms with E-state index in [4.69, 9.17) is 11.6 Å². The summed E-state index contributed by atoms with van der Waals surface area (Å²) in [6, 6.07) is 4.48. The van der Waals surface area contributed by atoms with E-state index < -0.39 is 5.82 Å². The van der Waals surface area contributed by atoms with Gasteiger partial charge in [0, 0.05) is 6.54 Å². The summed E-state index contributed by atoms with van der Waals surface area (Å²) in [6.07, 6.45) is 0.603. The van der Waals surface area contributed by atoms with Crippen LogP contribution in [0.25, 0.3) is 0 Å². The second-order valence-electron chi connectivity index (χ2n) is 2.73. The fourth-order valence-corrected chi connectivity index (χ4v) is 1.32. The van der Waals surface area contributed by atoms with Crippen LogP contribution in [0.3, 0.4) is 0 Å². The number of hydrogen-bond donors (Lipinski definition) is 2. The van der Waals surface area contributed by atoms with Gasteiger partial charge in [-0.2, -0.15) is 0 Å². The molecule has 0 fully saturated rings. The van der Waals surface area contributed by atoms with Gasteiger partial charge in [0.2, 0.25) is 0 Å². The number of carbonyl (C=O) groups is 1. The maximum Gasteiger partial charge on any atom is 0.275 e. The van der Waals surface area contributed by atoms with Gasteiger partial charge in [0.1, 0.15) is 5.82 Å². The number of hydrogen-bond acceptors (Lipinski definition) is 1. The number of thiol groups is 1. The first-order valence-corrected chi connectivity index (χ1v) is 4.83. The normalized spacial score (nSPS) is 9.93. The molecule has 0 unspecified atom stereocenters. The molecule has 5 heteroatoms. The third-order valence-corrected chi connectivity index (χ3v) is 2.12. The number of carbonyl (C=O) groups excluding carboxylic acids is 1. The molecular formula is C9H9ClFNOS. The quantitative estimate of drug-likeness (QED) is 0.773. The molecule has 0 heterocycles. The standard InChI is InChI=1S/C9H9ClFNOS/c10-7-5-6(1-2-8(7)11)3-4-12-9(13)14/h1-2,5H,3-4H2,(H2,12,13,14). The molecule has 0 atom stereocenters. The Kier molecular flexibility index (Phi) is 4.22. The van der Waals surface area contributed by atoms with Crippen LogP contribution in [-0.2, 0) is 6.42 Å². The van der Waals surface area contributed by atoms with Crippen molar-refractivity contribution in [1.82, 2.24) is 5.32 Å². The molecule has 0 radical (unpaired) electrons. The van der Waals surface area contributed by atoms with Gasteiger partial charge in [-0.15, -0.1) is 0 Å². The van der Waals surface area contributed by atoms with Crippen LogP contribution < -0.4 is 5.32 Å². The summed E-state index contributed by atoms with van der Waals surface area (Å²) in [4.78, 5) is 10.4. The number of nitrogens with one attached hydrogen (secondary N) is 1. The molecule has 1 aromatic carbocycles. The van der Waals surface area contributed by atoms with Crippen molar-refractivity contribution < 1.29 is 9.18 Å². The monoisotopic (exact) mass is 233 g/mol. The minimum atomic E-state index is -0.436.